The fraction of sp³-hybridized carbons (Fsp3) is 0.208. The summed E-state index contributed by atoms with van der Waals surface area (Å²) in [5.74, 6) is 0.453. The highest BCUT2D eigenvalue weighted by molar-refractivity contribution is 7.89. The number of sulfonamides is 1. The first-order valence-electron chi connectivity index (χ1n) is 10.1. The summed E-state index contributed by atoms with van der Waals surface area (Å²) in [6.45, 7) is 1.53. The Morgan fingerprint density at radius 1 is 1.00 bits per heavy atom. The number of nitrogens with zero attached hydrogens (tertiary/aromatic N) is 1. The van der Waals surface area contributed by atoms with Crippen LogP contribution in [0.4, 0.5) is 5.69 Å². The standard InChI is InChI=1S/C24H25ClN2O5S/c1-17-6-4-5-7-18(17)15-27(33(29,30)21-11-8-19(25)9-12-21)16-24(28)26-22-13-10-20(31-2)14-23(22)32-3/h4-14H,15-16H2,1-3H3,(H,26,28). The molecule has 0 unspecified atom stereocenters. The second kappa shape index (κ2) is 10.7. The molecule has 0 heterocycles. The number of nitrogens with one attached hydrogen (secondary N) is 1. The maximum Gasteiger partial charge on any atom is 0.243 e. The highest BCUT2D eigenvalue weighted by atomic mass is 35.5. The molecule has 0 bridgehead atoms. The van der Waals surface area contributed by atoms with Crippen LogP contribution in [0.1, 0.15) is 11.1 Å². The minimum absolute atomic E-state index is 0.0325. The van der Waals surface area contributed by atoms with Gasteiger partial charge in [0.05, 0.1) is 31.3 Å². The van der Waals surface area contributed by atoms with E-state index >= 15 is 0 Å². The Bertz CT molecular complexity index is 1230. The van der Waals surface area contributed by atoms with Crippen LogP contribution in [0.25, 0.3) is 0 Å². The van der Waals surface area contributed by atoms with Crippen LogP contribution < -0.4 is 14.8 Å². The van der Waals surface area contributed by atoms with Gasteiger partial charge in [-0.1, -0.05) is 35.9 Å². The average Bonchev–Trinajstić information content (AvgIpc) is 2.80. The third-order valence-corrected chi connectivity index (χ3v) is 7.12. The van der Waals surface area contributed by atoms with Gasteiger partial charge in [-0.15, -0.1) is 0 Å². The number of methoxy groups -OCH3 is 2. The molecule has 33 heavy (non-hydrogen) atoms. The third kappa shape index (κ3) is 6.04. The lowest BCUT2D eigenvalue weighted by Crippen LogP contribution is -2.37. The molecule has 174 valence electrons. The van der Waals surface area contributed by atoms with Crippen molar-refractivity contribution in [1.29, 1.82) is 0 Å². The summed E-state index contributed by atoms with van der Waals surface area (Å²) in [6.07, 6.45) is 0. The van der Waals surface area contributed by atoms with Crippen LogP contribution in [-0.2, 0) is 21.4 Å². The number of hydrogen-bond acceptors (Lipinski definition) is 5. The first kappa shape index (κ1) is 24.6. The van der Waals surface area contributed by atoms with Crippen LogP contribution >= 0.6 is 11.6 Å². The summed E-state index contributed by atoms with van der Waals surface area (Å²) >= 11 is 5.92. The molecule has 0 aliphatic heterocycles. The minimum Gasteiger partial charge on any atom is -0.497 e. The molecule has 0 fully saturated rings. The largest absolute Gasteiger partial charge is 0.497 e. The summed E-state index contributed by atoms with van der Waals surface area (Å²) in [7, 11) is -0.986. The lowest BCUT2D eigenvalue weighted by atomic mass is 10.1. The SMILES string of the molecule is COc1ccc(NC(=O)CN(Cc2ccccc2C)S(=O)(=O)c2ccc(Cl)cc2)c(OC)c1. The van der Waals surface area contributed by atoms with Gasteiger partial charge in [0.1, 0.15) is 11.5 Å². The highest BCUT2D eigenvalue weighted by Gasteiger charge is 2.27. The lowest BCUT2D eigenvalue weighted by molar-refractivity contribution is -0.116. The van der Waals surface area contributed by atoms with Crippen molar-refractivity contribution in [1.82, 2.24) is 4.31 Å². The van der Waals surface area contributed by atoms with Crippen LogP contribution in [0.15, 0.2) is 71.6 Å². The van der Waals surface area contributed by atoms with E-state index in [0.29, 0.717) is 22.2 Å². The molecule has 0 saturated heterocycles. The number of rotatable bonds is 9. The summed E-state index contributed by atoms with van der Waals surface area (Å²) in [5, 5.41) is 3.15. The molecule has 3 aromatic carbocycles. The third-order valence-electron chi connectivity index (χ3n) is 5.06. The van der Waals surface area contributed by atoms with Gasteiger partial charge in [-0.25, -0.2) is 8.42 Å². The number of anilines is 1. The Balaban J connectivity index is 1.90. The van der Waals surface area contributed by atoms with Crippen LogP contribution in [0.2, 0.25) is 5.02 Å². The Kier molecular flexibility index (Phi) is 7.97. The molecule has 0 saturated carbocycles. The summed E-state index contributed by atoms with van der Waals surface area (Å²) < 4.78 is 38.5. The van der Waals surface area contributed by atoms with E-state index in [2.05, 4.69) is 5.32 Å². The number of ether oxygens (including phenoxy) is 2. The molecule has 0 atom stereocenters. The second-order valence-electron chi connectivity index (χ2n) is 7.27. The monoisotopic (exact) mass is 488 g/mol. The maximum absolute atomic E-state index is 13.4. The quantitative estimate of drug-likeness (QED) is 0.479. The zero-order valence-electron chi connectivity index (χ0n) is 18.5. The molecule has 1 N–H and O–H groups in total. The van der Waals surface area contributed by atoms with Gasteiger partial charge in [-0.05, 0) is 54.4 Å². The van der Waals surface area contributed by atoms with Gasteiger partial charge >= 0.3 is 0 Å². The van der Waals surface area contributed by atoms with Crippen molar-refractivity contribution in [3.63, 3.8) is 0 Å². The van der Waals surface area contributed by atoms with Crippen molar-refractivity contribution in [2.45, 2.75) is 18.4 Å². The molecule has 3 aromatic rings. The molecule has 1 amide bonds. The zero-order valence-corrected chi connectivity index (χ0v) is 20.1. The lowest BCUT2D eigenvalue weighted by Gasteiger charge is -2.23. The molecule has 9 heteroatoms. The number of carbonyl (C=O) groups excluding carboxylic acids is 1. The van der Waals surface area contributed by atoms with Gasteiger partial charge in [-0.2, -0.15) is 4.31 Å². The molecular weight excluding hydrogens is 464 g/mol. The Morgan fingerprint density at radius 3 is 2.33 bits per heavy atom. The number of aryl methyl sites for hydroxylation is 1. The Morgan fingerprint density at radius 2 is 1.70 bits per heavy atom. The smallest absolute Gasteiger partial charge is 0.243 e. The van der Waals surface area contributed by atoms with E-state index in [1.807, 2.05) is 31.2 Å². The predicted molar refractivity (Wildman–Crippen MR) is 128 cm³/mol. The van der Waals surface area contributed by atoms with Crippen LogP contribution in [0.5, 0.6) is 11.5 Å². The van der Waals surface area contributed by atoms with Gasteiger partial charge in [-0.3, -0.25) is 4.79 Å². The first-order valence-corrected chi connectivity index (χ1v) is 11.9. The molecular formula is C24H25ClN2O5S. The van der Waals surface area contributed by atoms with Crippen molar-refractivity contribution >= 4 is 33.2 Å². The van der Waals surface area contributed by atoms with E-state index in [4.69, 9.17) is 21.1 Å². The van der Waals surface area contributed by atoms with Gasteiger partial charge in [0.25, 0.3) is 0 Å². The zero-order chi connectivity index (χ0) is 24.0. The Labute approximate surface area is 198 Å². The Hall–Kier alpha value is -3.07. The number of halogens is 1. The van der Waals surface area contributed by atoms with Crippen LogP contribution in [0, 0.1) is 6.92 Å². The first-order chi connectivity index (χ1) is 15.7. The van der Waals surface area contributed by atoms with E-state index in [0.717, 1.165) is 15.4 Å². The van der Waals surface area contributed by atoms with Crippen molar-refractivity contribution in [3.05, 3.63) is 82.9 Å². The van der Waals surface area contributed by atoms with E-state index in [9.17, 15) is 13.2 Å². The summed E-state index contributed by atoms with van der Waals surface area (Å²) in [5.41, 5.74) is 2.12. The minimum atomic E-state index is -3.98. The van der Waals surface area contributed by atoms with E-state index in [1.165, 1.54) is 38.5 Å². The van der Waals surface area contributed by atoms with Crippen molar-refractivity contribution in [2.75, 3.05) is 26.1 Å². The van der Waals surface area contributed by atoms with Crippen molar-refractivity contribution in [2.24, 2.45) is 0 Å². The molecule has 7 nitrogen and oxygen atoms in total. The van der Waals surface area contributed by atoms with Gasteiger partial charge in [0.2, 0.25) is 15.9 Å². The molecule has 0 aromatic heterocycles. The van der Waals surface area contributed by atoms with Crippen molar-refractivity contribution in [3.8, 4) is 11.5 Å². The summed E-state index contributed by atoms with van der Waals surface area (Å²) in [4.78, 5) is 13.0. The van der Waals surface area contributed by atoms with E-state index in [1.54, 1.807) is 18.2 Å². The highest BCUT2D eigenvalue weighted by Crippen LogP contribution is 2.29. The van der Waals surface area contributed by atoms with E-state index < -0.39 is 22.5 Å². The number of amides is 1. The maximum atomic E-state index is 13.4. The molecule has 0 aliphatic carbocycles. The van der Waals surface area contributed by atoms with Crippen LogP contribution in [0.3, 0.4) is 0 Å². The number of carbonyl (C=O) groups is 1. The topological polar surface area (TPSA) is 84.9 Å². The molecule has 3 rings (SSSR count). The van der Waals surface area contributed by atoms with Gasteiger partial charge in [0, 0.05) is 17.6 Å². The van der Waals surface area contributed by atoms with E-state index in [-0.39, 0.29) is 11.4 Å². The van der Waals surface area contributed by atoms with Gasteiger partial charge in [0.15, 0.2) is 0 Å². The van der Waals surface area contributed by atoms with Crippen LogP contribution in [-0.4, -0.2) is 39.4 Å². The second-order valence-corrected chi connectivity index (χ2v) is 9.64. The molecule has 0 radical (unpaired) electrons. The van der Waals surface area contributed by atoms with Gasteiger partial charge < -0.3 is 14.8 Å². The molecule has 0 aliphatic rings. The number of benzene rings is 3. The number of hydrogen-bond donors (Lipinski definition) is 1. The summed E-state index contributed by atoms with van der Waals surface area (Å²) in [6, 6.07) is 18.2. The molecule has 0 spiro atoms. The normalized spacial score (nSPS) is 11.3. The fourth-order valence-corrected chi connectivity index (χ4v) is 4.71. The fourth-order valence-electron chi connectivity index (χ4n) is 3.21. The predicted octanol–water partition coefficient (Wildman–Crippen LogP) is 4.50. The average molecular weight is 489 g/mol. The van der Waals surface area contributed by atoms with Crippen molar-refractivity contribution < 1.29 is 22.7 Å².